The van der Waals surface area contributed by atoms with Gasteiger partial charge in [0.05, 0.1) is 6.61 Å². The Labute approximate surface area is 96.9 Å². The molecule has 16 heavy (non-hydrogen) atoms. The van der Waals surface area contributed by atoms with E-state index in [0.717, 1.165) is 0 Å². The number of hydrogen-bond acceptors (Lipinski definition) is 5. The molecule has 1 heterocycles. The minimum Gasteiger partial charge on any atom is -0.477 e. The van der Waals surface area contributed by atoms with E-state index in [1.807, 2.05) is 0 Å². The third kappa shape index (κ3) is 3.27. The fourth-order valence-electron chi connectivity index (χ4n) is 0.929. The standard InChI is InChI=1S/C8H11NO5S2/c1-14-5-4-9-16(12,13)7-3-2-6(15-7)8(10)11/h2-3,9H,4-5H2,1H3,(H,10,11). The second kappa shape index (κ2) is 5.39. The number of methoxy groups -OCH3 is 1. The Hall–Kier alpha value is -0.960. The number of ether oxygens (including phenoxy) is 1. The van der Waals surface area contributed by atoms with Crippen molar-refractivity contribution in [3.05, 3.63) is 17.0 Å². The highest BCUT2D eigenvalue weighted by Gasteiger charge is 2.18. The van der Waals surface area contributed by atoms with Crippen molar-refractivity contribution < 1.29 is 23.1 Å². The summed E-state index contributed by atoms with van der Waals surface area (Å²) in [6, 6.07) is 2.53. The molecule has 90 valence electrons. The van der Waals surface area contributed by atoms with E-state index in [9.17, 15) is 13.2 Å². The van der Waals surface area contributed by atoms with Crippen molar-refractivity contribution >= 4 is 27.3 Å². The Kier molecular flexibility index (Phi) is 4.42. The monoisotopic (exact) mass is 265 g/mol. The van der Waals surface area contributed by atoms with Crippen molar-refractivity contribution in [3.63, 3.8) is 0 Å². The molecule has 1 aromatic rings. The van der Waals surface area contributed by atoms with Crippen LogP contribution in [0.2, 0.25) is 0 Å². The van der Waals surface area contributed by atoms with Crippen LogP contribution in [0.4, 0.5) is 0 Å². The maximum Gasteiger partial charge on any atom is 0.345 e. The molecular weight excluding hydrogens is 254 g/mol. The summed E-state index contributed by atoms with van der Waals surface area (Å²) in [6.45, 7) is 0.412. The van der Waals surface area contributed by atoms with Crippen molar-refractivity contribution in [2.45, 2.75) is 4.21 Å². The number of aromatic carboxylic acids is 1. The molecule has 0 bridgehead atoms. The molecule has 0 unspecified atom stereocenters. The highest BCUT2D eigenvalue weighted by atomic mass is 32.2. The average Bonchev–Trinajstić information content (AvgIpc) is 2.67. The molecule has 6 nitrogen and oxygen atoms in total. The molecular formula is C8H11NO5S2. The maximum atomic E-state index is 11.6. The van der Waals surface area contributed by atoms with Crippen molar-refractivity contribution in [1.29, 1.82) is 0 Å². The third-order valence-corrected chi connectivity index (χ3v) is 4.68. The third-order valence-electron chi connectivity index (χ3n) is 1.66. The van der Waals surface area contributed by atoms with Crippen LogP contribution in [-0.4, -0.2) is 39.8 Å². The lowest BCUT2D eigenvalue weighted by Crippen LogP contribution is -2.26. The topological polar surface area (TPSA) is 92.7 Å². The molecule has 0 amide bonds. The fourth-order valence-corrected chi connectivity index (χ4v) is 3.13. The zero-order valence-electron chi connectivity index (χ0n) is 8.47. The molecule has 0 radical (unpaired) electrons. The van der Waals surface area contributed by atoms with E-state index in [1.54, 1.807) is 0 Å². The highest BCUT2D eigenvalue weighted by Crippen LogP contribution is 2.21. The minimum atomic E-state index is -3.62. The van der Waals surface area contributed by atoms with Crippen LogP contribution in [0, 0.1) is 0 Å². The molecule has 1 aromatic heterocycles. The zero-order chi connectivity index (χ0) is 12.2. The van der Waals surface area contributed by atoms with Gasteiger partial charge in [0.2, 0.25) is 10.0 Å². The molecule has 0 fully saturated rings. The van der Waals surface area contributed by atoms with E-state index in [-0.39, 0.29) is 22.2 Å². The number of rotatable bonds is 6. The van der Waals surface area contributed by atoms with Crippen LogP contribution < -0.4 is 4.72 Å². The van der Waals surface area contributed by atoms with Crippen LogP contribution in [0.25, 0.3) is 0 Å². The Balaban J connectivity index is 2.78. The lowest BCUT2D eigenvalue weighted by molar-refractivity contribution is 0.0702. The molecule has 0 spiro atoms. The van der Waals surface area contributed by atoms with Gasteiger partial charge in [-0.15, -0.1) is 11.3 Å². The lowest BCUT2D eigenvalue weighted by Gasteiger charge is -2.02. The Morgan fingerprint density at radius 3 is 2.75 bits per heavy atom. The molecule has 0 saturated carbocycles. The van der Waals surface area contributed by atoms with Crippen LogP contribution in [0.5, 0.6) is 0 Å². The predicted molar refractivity (Wildman–Crippen MR) is 58.3 cm³/mol. The summed E-state index contributed by atoms with van der Waals surface area (Å²) >= 11 is 0.715. The summed E-state index contributed by atoms with van der Waals surface area (Å²) in [5.41, 5.74) is 0. The summed E-state index contributed by atoms with van der Waals surface area (Å²) in [6.07, 6.45) is 0. The lowest BCUT2D eigenvalue weighted by atomic mass is 10.5. The predicted octanol–water partition coefficient (Wildman–Crippen LogP) is 0.371. The van der Waals surface area contributed by atoms with Crippen molar-refractivity contribution in [2.75, 3.05) is 20.3 Å². The van der Waals surface area contributed by atoms with E-state index in [1.165, 1.54) is 19.2 Å². The number of thiophene rings is 1. The molecule has 0 atom stereocenters. The number of carboxylic acids is 1. The molecule has 8 heteroatoms. The van der Waals surface area contributed by atoms with Gasteiger partial charge in [-0.25, -0.2) is 17.9 Å². The van der Waals surface area contributed by atoms with Gasteiger partial charge in [0.1, 0.15) is 9.09 Å². The second-order valence-electron chi connectivity index (χ2n) is 2.81. The summed E-state index contributed by atoms with van der Waals surface area (Å²) in [4.78, 5) is 10.6. The summed E-state index contributed by atoms with van der Waals surface area (Å²) < 4.78 is 30.2. The van der Waals surface area contributed by atoms with Crippen LogP contribution in [0.1, 0.15) is 9.67 Å². The van der Waals surface area contributed by atoms with Crippen LogP contribution >= 0.6 is 11.3 Å². The number of sulfonamides is 1. The Morgan fingerprint density at radius 2 is 2.25 bits per heavy atom. The van der Waals surface area contributed by atoms with E-state index in [2.05, 4.69) is 4.72 Å². The van der Waals surface area contributed by atoms with Gasteiger partial charge >= 0.3 is 5.97 Å². The Bertz CT molecular complexity index is 465. The first-order valence-corrected chi connectivity index (χ1v) is 6.59. The smallest absolute Gasteiger partial charge is 0.345 e. The molecule has 0 aliphatic heterocycles. The zero-order valence-corrected chi connectivity index (χ0v) is 10.1. The van der Waals surface area contributed by atoms with Gasteiger partial charge in [0.15, 0.2) is 0 Å². The van der Waals surface area contributed by atoms with Gasteiger partial charge in [-0.1, -0.05) is 0 Å². The molecule has 0 aliphatic rings. The van der Waals surface area contributed by atoms with Crippen molar-refractivity contribution in [2.24, 2.45) is 0 Å². The average molecular weight is 265 g/mol. The Morgan fingerprint density at radius 1 is 1.56 bits per heavy atom. The van der Waals surface area contributed by atoms with E-state index in [4.69, 9.17) is 9.84 Å². The van der Waals surface area contributed by atoms with Crippen LogP contribution in [0.15, 0.2) is 16.3 Å². The van der Waals surface area contributed by atoms with Crippen LogP contribution in [0.3, 0.4) is 0 Å². The van der Waals surface area contributed by atoms with Gasteiger partial charge < -0.3 is 9.84 Å². The normalized spacial score (nSPS) is 11.6. The van der Waals surface area contributed by atoms with Crippen molar-refractivity contribution in [3.8, 4) is 0 Å². The number of carboxylic acid groups (broad SMARTS) is 1. The second-order valence-corrected chi connectivity index (χ2v) is 5.89. The molecule has 0 aliphatic carbocycles. The number of nitrogens with one attached hydrogen (secondary N) is 1. The summed E-state index contributed by atoms with van der Waals surface area (Å²) in [5, 5.41) is 8.65. The first-order chi connectivity index (χ1) is 7.47. The highest BCUT2D eigenvalue weighted by molar-refractivity contribution is 7.91. The van der Waals surface area contributed by atoms with Gasteiger partial charge in [-0.2, -0.15) is 0 Å². The van der Waals surface area contributed by atoms with Crippen LogP contribution in [-0.2, 0) is 14.8 Å². The first kappa shape index (κ1) is 13.1. The van der Waals surface area contributed by atoms with Crippen molar-refractivity contribution in [1.82, 2.24) is 4.72 Å². The largest absolute Gasteiger partial charge is 0.477 e. The van der Waals surface area contributed by atoms with Gasteiger partial charge in [-0.3, -0.25) is 0 Å². The summed E-state index contributed by atoms with van der Waals surface area (Å²) in [7, 11) is -2.16. The molecule has 0 saturated heterocycles. The molecule has 0 aromatic carbocycles. The molecule has 2 N–H and O–H groups in total. The quantitative estimate of drug-likeness (QED) is 0.725. The SMILES string of the molecule is COCCNS(=O)(=O)c1ccc(C(=O)O)s1. The maximum absolute atomic E-state index is 11.6. The van der Waals surface area contributed by atoms with Gasteiger partial charge in [0, 0.05) is 13.7 Å². The van der Waals surface area contributed by atoms with Gasteiger partial charge in [0.25, 0.3) is 0 Å². The van der Waals surface area contributed by atoms with E-state index in [0.29, 0.717) is 11.3 Å². The number of carbonyl (C=O) groups is 1. The number of hydrogen-bond donors (Lipinski definition) is 2. The first-order valence-electron chi connectivity index (χ1n) is 4.29. The van der Waals surface area contributed by atoms with E-state index < -0.39 is 16.0 Å². The minimum absolute atomic E-state index is 0.00730. The van der Waals surface area contributed by atoms with Gasteiger partial charge in [-0.05, 0) is 12.1 Å². The summed E-state index contributed by atoms with van der Waals surface area (Å²) in [5.74, 6) is -1.14. The molecule has 1 rings (SSSR count). The fraction of sp³-hybridized carbons (Fsp3) is 0.375. The van der Waals surface area contributed by atoms with E-state index >= 15 is 0 Å².